The Morgan fingerprint density at radius 3 is 2.33 bits per heavy atom. The molecule has 0 aliphatic carbocycles. The van der Waals surface area contributed by atoms with Gasteiger partial charge in [0.1, 0.15) is 6.04 Å². The third-order valence-electron chi connectivity index (χ3n) is 2.69. The van der Waals surface area contributed by atoms with E-state index in [9.17, 15) is 9.59 Å². The minimum Gasteiger partial charge on any atom is -0.464 e. The Morgan fingerprint density at radius 2 is 1.72 bits per heavy atom. The molecule has 0 aromatic rings. The van der Waals surface area contributed by atoms with Crippen LogP contribution in [0.15, 0.2) is 0 Å². The lowest BCUT2D eigenvalue weighted by molar-refractivity contribution is -0.147. The van der Waals surface area contributed by atoms with Crippen molar-refractivity contribution in [2.45, 2.75) is 71.8 Å². The van der Waals surface area contributed by atoms with E-state index in [-0.39, 0.29) is 11.9 Å². The normalized spacial score (nSPS) is 11.9. The van der Waals surface area contributed by atoms with Crippen LogP contribution in [0.3, 0.4) is 0 Å². The van der Waals surface area contributed by atoms with Gasteiger partial charge in [-0.2, -0.15) is 0 Å². The Morgan fingerprint density at radius 1 is 1.06 bits per heavy atom. The number of rotatable bonds is 10. The van der Waals surface area contributed by atoms with Gasteiger partial charge in [-0.25, -0.2) is 4.79 Å². The summed E-state index contributed by atoms with van der Waals surface area (Å²) >= 11 is 0. The summed E-state index contributed by atoms with van der Waals surface area (Å²) < 4.78 is 4.96. The van der Waals surface area contributed by atoms with Crippen LogP contribution < -0.4 is 5.32 Å². The van der Waals surface area contributed by atoms with E-state index in [0.717, 1.165) is 19.3 Å². The number of carbonyl (C=O) groups excluding carboxylic acids is 2. The van der Waals surface area contributed by atoms with E-state index in [1.807, 2.05) is 6.92 Å². The van der Waals surface area contributed by atoms with Gasteiger partial charge < -0.3 is 10.1 Å². The third kappa shape index (κ3) is 9.02. The van der Waals surface area contributed by atoms with Gasteiger partial charge in [0.05, 0.1) is 6.61 Å². The molecular formula is C14H27NO3. The van der Waals surface area contributed by atoms with Gasteiger partial charge >= 0.3 is 5.97 Å². The van der Waals surface area contributed by atoms with Crippen LogP contribution in [0.2, 0.25) is 0 Å². The largest absolute Gasteiger partial charge is 0.464 e. The molecule has 0 fully saturated rings. The molecule has 0 aromatic heterocycles. The van der Waals surface area contributed by atoms with E-state index >= 15 is 0 Å². The number of nitrogens with one attached hydrogen (secondary N) is 1. The molecule has 1 atom stereocenters. The predicted octanol–water partition coefficient (Wildman–Crippen LogP) is 2.80. The Bertz CT molecular complexity index is 241. The summed E-state index contributed by atoms with van der Waals surface area (Å²) in [6, 6.07) is -0.542. The number of amides is 1. The van der Waals surface area contributed by atoms with Gasteiger partial charge in [-0.1, -0.05) is 39.5 Å². The third-order valence-corrected chi connectivity index (χ3v) is 2.69. The van der Waals surface area contributed by atoms with Crippen molar-refractivity contribution in [3.8, 4) is 0 Å². The first kappa shape index (κ1) is 16.9. The van der Waals surface area contributed by atoms with E-state index in [0.29, 0.717) is 13.0 Å². The van der Waals surface area contributed by atoms with Crippen LogP contribution in [-0.4, -0.2) is 24.5 Å². The van der Waals surface area contributed by atoms with E-state index < -0.39 is 6.04 Å². The molecule has 0 aliphatic rings. The zero-order chi connectivity index (χ0) is 13.8. The monoisotopic (exact) mass is 257 g/mol. The topological polar surface area (TPSA) is 55.4 Å². The molecule has 0 heterocycles. The number of hydrogen-bond donors (Lipinski definition) is 1. The maximum Gasteiger partial charge on any atom is 0.328 e. The Hall–Kier alpha value is -1.06. The highest BCUT2D eigenvalue weighted by atomic mass is 16.5. The Kier molecular flexibility index (Phi) is 10.4. The zero-order valence-corrected chi connectivity index (χ0v) is 12.0. The molecule has 4 nitrogen and oxygen atoms in total. The van der Waals surface area contributed by atoms with Crippen molar-refractivity contribution >= 4 is 11.9 Å². The second-order valence-electron chi connectivity index (χ2n) is 4.62. The first-order valence-corrected chi connectivity index (χ1v) is 7.07. The minimum atomic E-state index is -0.542. The van der Waals surface area contributed by atoms with Crippen LogP contribution in [-0.2, 0) is 14.3 Å². The lowest BCUT2D eigenvalue weighted by Crippen LogP contribution is -2.39. The van der Waals surface area contributed by atoms with Gasteiger partial charge in [0.15, 0.2) is 0 Å². The molecule has 0 aromatic carbocycles. The molecule has 0 unspecified atom stereocenters. The van der Waals surface area contributed by atoms with Crippen molar-refractivity contribution in [2.75, 3.05) is 6.61 Å². The molecule has 0 aliphatic heterocycles. The molecule has 106 valence electrons. The summed E-state index contributed by atoms with van der Waals surface area (Å²) in [5.74, 6) is -0.413. The van der Waals surface area contributed by atoms with Crippen LogP contribution in [0.1, 0.15) is 65.7 Å². The van der Waals surface area contributed by atoms with E-state index in [4.69, 9.17) is 4.74 Å². The fourth-order valence-electron chi connectivity index (χ4n) is 1.59. The maximum absolute atomic E-state index is 11.5. The van der Waals surface area contributed by atoms with Crippen LogP contribution in [0.25, 0.3) is 0 Å². The van der Waals surface area contributed by atoms with E-state index in [1.165, 1.54) is 19.3 Å². The summed E-state index contributed by atoms with van der Waals surface area (Å²) in [4.78, 5) is 23.0. The van der Waals surface area contributed by atoms with Crippen molar-refractivity contribution < 1.29 is 14.3 Å². The summed E-state index contributed by atoms with van der Waals surface area (Å²) in [6.45, 7) is 6.17. The number of ether oxygens (including phenoxy) is 1. The average Bonchev–Trinajstić information content (AvgIpc) is 2.35. The number of esters is 1. The lowest BCUT2D eigenvalue weighted by Gasteiger charge is -2.12. The lowest BCUT2D eigenvalue weighted by atomic mass is 10.1. The Balaban J connectivity index is 3.63. The molecule has 0 bridgehead atoms. The van der Waals surface area contributed by atoms with Crippen molar-refractivity contribution in [1.29, 1.82) is 0 Å². The average molecular weight is 257 g/mol. The van der Waals surface area contributed by atoms with Crippen molar-refractivity contribution in [2.24, 2.45) is 0 Å². The van der Waals surface area contributed by atoms with Gasteiger partial charge in [0.2, 0.25) is 5.91 Å². The fraction of sp³-hybridized carbons (Fsp3) is 0.857. The first-order valence-electron chi connectivity index (χ1n) is 7.07. The number of carbonyl (C=O) groups is 2. The van der Waals surface area contributed by atoms with Crippen molar-refractivity contribution in [1.82, 2.24) is 5.32 Å². The molecule has 1 amide bonds. The molecule has 0 saturated carbocycles. The van der Waals surface area contributed by atoms with Crippen LogP contribution >= 0.6 is 0 Å². The van der Waals surface area contributed by atoms with Crippen LogP contribution in [0.5, 0.6) is 0 Å². The van der Waals surface area contributed by atoms with Gasteiger partial charge in [-0.15, -0.1) is 0 Å². The molecular weight excluding hydrogens is 230 g/mol. The molecule has 18 heavy (non-hydrogen) atoms. The fourth-order valence-corrected chi connectivity index (χ4v) is 1.59. The molecule has 1 N–H and O–H groups in total. The molecule has 4 heteroatoms. The Labute approximate surface area is 110 Å². The number of hydrogen-bond acceptors (Lipinski definition) is 3. The van der Waals surface area contributed by atoms with E-state index in [1.54, 1.807) is 6.92 Å². The van der Waals surface area contributed by atoms with Gasteiger partial charge in [-0.3, -0.25) is 4.79 Å². The smallest absolute Gasteiger partial charge is 0.328 e. The molecule has 0 rings (SSSR count). The highest BCUT2D eigenvalue weighted by Gasteiger charge is 2.16. The summed E-state index contributed by atoms with van der Waals surface area (Å²) in [5, 5.41) is 2.67. The maximum atomic E-state index is 11.5. The zero-order valence-electron chi connectivity index (χ0n) is 12.0. The highest BCUT2D eigenvalue weighted by molar-refractivity contribution is 5.84. The SMILES string of the molecule is CCCCCCCC(=O)N[C@@H](C)C(=O)OCCC. The summed E-state index contributed by atoms with van der Waals surface area (Å²) in [7, 11) is 0. The first-order chi connectivity index (χ1) is 8.61. The van der Waals surface area contributed by atoms with Gasteiger partial charge in [-0.05, 0) is 19.8 Å². The predicted molar refractivity (Wildman–Crippen MR) is 72.2 cm³/mol. The number of unbranched alkanes of at least 4 members (excludes halogenated alkanes) is 4. The van der Waals surface area contributed by atoms with Crippen molar-refractivity contribution in [3.63, 3.8) is 0 Å². The molecule has 0 spiro atoms. The van der Waals surface area contributed by atoms with Crippen LogP contribution in [0.4, 0.5) is 0 Å². The van der Waals surface area contributed by atoms with Gasteiger partial charge in [0, 0.05) is 6.42 Å². The van der Waals surface area contributed by atoms with Crippen LogP contribution in [0, 0.1) is 0 Å². The molecule has 0 saturated heterocycles. The minimum absolute atomic E-state index is 0.0625. The second kappa shape index (κ2) is 11.1. The molecule has 0 radical (unpaired) electrons. The second-order valence-corrected chi connectivity index (χ2v) is 4.62. The summed E-state index contributed by atoms with van der Waals surface area (Å²) in [6.07, 6.45) is 6.86. The van der Waals surface area contributed by atoms with Gasteiger partial charge in [0.25, 0.3) is 0 Å². The summed E-state index contributed by atoms with van der Waals surface area (Å²) in [5.41, 5.74) is 0. The quantitative estimate of drug-likeness (QED) is 0.483. The standard InChI is InChI=1S/C14H27NO3/c1-4-6-7-8-9-10-13(16)15-12(3)14(17)18-11-5-2/h12H,4-11H2,1-3H3,(H,15,16)/t12-/m0/s1. The van der Waals surface area contributed by atoms with E-state index in [2.05, 4.69) is 12.2 Å². The van der Waals surface area contributed by atoms with Crippen molar-refractivity contribution in [3.05, 3.63) is 0 Å². The highest BCUT2D eigenvalue weighted by Crippen LogP contribution is 2.05.